The third kappa shape index (κ3) is 2.74. The molecule has 0 amide bonds. The number of aromatic nitrogens is 4. The predicted molar refractivity (Wildman–Crippen MR) is 89.0 cm³/mol. The van der Waals surface area contributed by atoms with Gasteiger partial charge in [-0.05, 0) is 37.5 Å². The molecule has 0 fully saturated rings. The lowest BCUT2D eigenvalue weighted by Gasteiger charge is -2.18. The van der Waals surface area contributed by atoms with Crippen molar-refractivity contribution in [2.75, 3.05) is 0 Å². The third-order valence-corrected chi connectivity index (χ3v) is 3.81. The van der Waals surface area contributed by atoms with Crippen molar-refractivity contribution in [1.29, 1.82) is 0 Å². The highest BCUT2D eigenvalue weighted by molar-refractivity contribution is 5.72. The van der Waals surface area contributed by atoms with E-state index >= 15 is 0 Å². The molecule has 0 unspecified atom stereocenters. The minimum atomic E-state index is 0.509. The van der Waals surface area contributed by atoms with Crippen LogP contribution >= 0.6 is 0 Å². The van der Waals surface area contributed by atoms with Crippen LogP contribution in [-0.2, 0) is 9.47 Å². The second-order valence-electron chi connectivity index (χ2n) is 5.55. The molecule has 6 heteroatoms. The van der Waals surface area contributed by atoms with E-state index in [9.17, 15) is 0 Å². The molecule has 0 radical (unpaired) electrons. The molecule has 0 atom stereocenters. The van der Waals surface area contributed by atoms with Crippen LogP contribution in [0.3, 0.4) is 0 Å². The van der Waals surface area contributed by atoms with E-state index in [1.165, 1.54) is 6.26 Å². The first-order valence-corrected chi connectivity index (χ1v) is 7.76. The average Bonchev–Trinajstić information content (AvgIpc) is 3.12. The number of ether oxygens (including phenoxy) is 2. The predicted octanol–water partition coefficient (Wildman–Crippen LogP) is 3.64. The largest absolute Gasteiger partial charge is 0.465 e. The fourth-order valence-electron chi connectivity index (χ4n) is 2.63. The van der Waals surface area contributed by atoms with Crippen LogP contribution in [0.25, 0.3) is 17.1 Å². The van der Waals surface area contributed by atoms with Gasteiger partial charge < -0.3 is 9.47 Å². The van der Waals surface area contributed by atoms with Crippen molar-refractivity contribution in [2.24, 2.45) is 0 Å². The molecule has 0 spiro atoms. The van der Waals surface area contributed by atoms with E-state index in [-0.39, 0.29) is 0 Å². The van der Waals surface area contributed by atoms with Gasteiger partial charge in [-0.2, -0.15) is 15.4 Å². The Labute approximate surface area is 139 Å². The van der Waals surface area contributed by atoms with Crippen LogP contribution in [0.2, 0.25) is 0 Å². The smallest absolute Gasteiger partial charge is 0.192 e. The lowest BCUT2D eigenvalue weighted by atomic mass is 10.0. The molecule has 4 rings (SSSR count). The van der Waals surface area contributed by atoms with Crippen LogP contribution < -0.4 is 0 Å². The van der Waals surface area contributed by atoms with Crippen molar-refractivity contribution >= 4 is 5.76 Å². The Morgan fingerprint density at radius 1 is 1.08 bits per heavy atom. The number of allylic oxidation sites excluding steroid dienone is 4. The number of H-pyrrole nitrogens is 1. The highest BCUT2D eigenvalue weighted by atomic mass is 16.5. The molecule has 1 N–H and O–H groups in total. The molecular weight excluding hydrogens is 304 g/mol. The van der Waals surface area contributed by atoms with E-state index in [0.29, 0.717) is 22.9 Å². The van der Waals surface area contributed by atoms with E-state index < -0.39 is 0 Å². The number of pyridine rings is 1. The third-order valence-electron chi connectivity index (χ3n) is 3.81. The lowest BCUT2D eigenvalue weighted by molar-refractivity contribution is 0.284. The maximum atomic E-state index is 6.01. The maximum absolute atomic E-state index is 6.01. The molecule has 1 aliphatic carbocycles. The number of hydrogen-bond donors (Lipinski definition) is 1. The Morgan fingerprint density at radius 2 is 1.96 bits per heavy atom. The molecule has 0 bridgehead atoms. The van der Waals surface area contributed by atoms with Gasteiger partial charge in [0.25, 0.3) is 0 Å². The zero-order valence-electron chi connectivity index (χ0n) is 13.2. The van der Waals surface area contributed by atoms with Crippen LogP contribution in [0.4, 0.5) is 0 Å². The first kappa shape index (κ1) is 14.4. The first-order valence-electron chi connectivity index (χ1n) is 7.76. The van der Waals surface area contributed by atoms with Crippen molar-refractivity contribution in [3.05, 3.63) is 71.7 Å². The topological polar surface area (TPSA) is 72.9 Å². The molecule has 1 aliphatic heterocycles. The summed E-state index contributed by atoms with van der Waals surface area (Å²) in [4.78, 5) is 4.50. The number of aromatic amines is 1. The number of rotatable bonds is 3. The lowest BCUT2D eigenvalue weighted by Crippen LogP contribution is -2.04. The van der Waals surface area contributed by atoms with Gasteiger partial charge in [0.1, 0.15) is 18.2 Å². The monoisotopic (exact) mass is 320 g/mol. The minimum Gasteiger partial charge on any atom is -0.465 e. The van der Waals surface area contributed by atoms with Crippen LogP contribution in [0, 0.1) is 6.92 Å². The summed E-state index contributed by atoms with van der Waals surface area (Å²) in [5, 5.41) is 11.1. The summed E-state index contributed by atoms with van der Waals surface area (Å²) in [7, 11) is 0. The van der Waals surface area contributed by atoms with E-state index in [2.05, 4.69) is 26.5 Å². The standard InChI is InChI=1S/C18H16N4O2/c1-12-6-5-9-14(19-12)17-18(21-22-20-17)16-11-23-10-15(24-16)13-7-3-2-4-8-13/h2-3,5-7,9-11H,4,8H2,1H3,(H,20,21,22). The molecule has 2 aliphatic rings. The highest BCUT2D eigenvalue weighted by Gasteiger charge is 2.22. The van der Waals surface area contributed by atoms with Gasteiger partial charge in [-0.1, -0.05) is 24.3 Å². The molecule has 2 aromatic rings. The Morgan fingerprint density at radius 3 is 2.79 bits per heavy atom. The SMILES string of the molecule is Cc1cccc(-c2n[nH]nc2C2=COC=C(C3=CC=CCC3)O2)n1. The van der Waals surface area contributed by atoms with E-state index in [0.717, 1.165) is 29.8 Å². The van der Waals surface area contributed by atoms with E-state index in [4.69, 9.17) is 9.47 Å². The number of nitrogens with one attached hydrogen (secondary N) is 1. The molecule has 120 valence electrons. The van der Waals surface area contributed by atoms with Crippen molar-refractivity contribution in [3.8, 4) is 11.4 Å². The summed E-state index contributed by atoms with van der Waals surface area (Å²) in [5.74, 6) is 1.21. The maximum Gasteiger partial charge on any atom is 0.192 e. The second-order valence-corrected chi connectivity index (χ2v) is 5.55. The van der Waals surface area contributed by atoms with Gasteiger partial charge in [0, 0.05) is 5.69 Å². The highest BCUT2D eigenvalue weighted by Crippen LogP contribution is 2.32. The fraction of sp³-hybridized carbons (Fsp3) is 0.167. The van der Waals surface area contributed by atoms with Crippen molar-refractivity contribution in [2.45, 2.75) is 19.8 Å². The van der Waals surface area contributed by atoms with Crippen molar-refractivity contribution in [1.82, 2.24) is 20.4 Å². The van der Waals surface area contributed by atoms with E-state index in [1.807, 2.05) is 37.3 Å². The molecule has 0 saturated carbocycles. The summed E-state index contributed by atoms with van der Waals surface area (Å²) in [6, 6.07) is 5.77. The molecular formula is C18H16N4O2. The zero-order chi connectivity index (χ0) is 16.4. The van der Waals surface area contributed by atoms with Gasteiger partial charge in [-0.3, -0.25) is 4.98 Å². The van der Waals surface area contributed by atoms with Gasteiger partial charge in [-0.25, -0.2) is 0 Å². The van der Waals surface area contributed by atoms with Crippen LogP contribution in [-0.4, -0.2) is 20.4 Å². The normalized spacial score (nSPS) is 16.6. The summed E-state index contributed by atoms with van der Waals surface area (Å²) < 4.78 is 11.5. The summed E-state index contributed by atoms with van der Waals surface area (Å²) >= 11 is 0. The van der Waals surface area contributed by atoms with Gasteiger partial charge >= 0.3 is 0 Å². The number of nitrogens with zero attached hydrogens (tertiary/aromatic N) is 3. The van der Waals surface area contributed by atoms with Crippen LogP contribution in [0.15, 0.2) is 60.3 Å². The minimum absolute atomic E-state index is 0.509. The molecule has 6 nitrogen and oxygen atoms in total. The summed E-state index contributed by atoms with van der Waals surface area (Å²) in [6.07, 6.45) is 11.2. The van der Waals surface area contributed by atoms with Gasteiger partial charge in [0.05, 0.1) is 5.69 Å². The van der Waals surface area contributed by atoms with Gasteiger partial charge in [-0.15, -0.1) is 0 Å². The van der Waals surface area contributed by atoms with Crippen molar-refractivity contribution in [3.63, 3.8) is 0 Å². The quantitative estimate of drug-likeness (QED) is 0.934. The summed E-state index contributed by atoms with van der Waals surface area (Å²) in [5.41, 5.74) is 3.95. The Kier molecular flexibility index (Phi) is 3.70. The van der Waals surface area contributed by atoms with E-state index in [1.54, 1.807) is 6.26 Å². The first-order chi connectivity index (χ1) is 11.8. The Balaban J connectivity index is 1.64. The zero-order valence-corrected chi connectivity index (χ0v) is 13.2. The number of hydrogen-bond acceptors (Lipinski definition) is 5. The fourth-order valence-corrected chi connectivity index (χ4v) is 2.63. The van der Waals surface area contributed by atoms with Crippen LogP contribution in [0.5, 0.6) is 0 Å². The molecule has 0 saturated heterocycles. The molecule has 2 aromatic heterocycles. The Hall–Kier alpha value is -3.15. The molecule has 24 heavy (non-hydrogen) atoms. The molecule has 0 aromatic carbocycles. The van der Waals surface area contributed by atoms with Gasteiger partial charge in [0.15, 0.2) is 17.2 Å². The van der Waals surface area contributed by atoms with Crippen LogP contribution in [0.1, 0.15) is 24.2 Å². The van der Waals surface area contributed by atoms with Crippen molar-refractivity contribution < 1.29 is 9.47 Å². The second kappa shape index (κ2) is 6.16. The number of aryl methyl sites for hydroxylation is 1. The average molecular weight is 320 g/mol. The Bertz CT molecular complexity index is 890. The summed E-state index contributed by atoms with van der Waals surface area (Å²) in [6.45, 7) is 1.94. The van der Waals surface area contributed by atoms with Gasteiger partial charge in [0.2, 0.25) is 0 Å². The molecule has 3 heterocycles.